The van der Waals surface area contributed by atoms with Crippen LogP contribution >= 0.6 is 0 Å². The standard InChI is InChI=1S/C13H14FNO/c1-8-4-3-5-10(12(8)14)13(15)11-7-6-9(2)16-11/h3-7,13H,15H2,1-2H3. The molecule has 0 amide bonds. The Bertz CT molecular complexity index is 504. The number of nitrogens with two attached hydrogens (primary N) is 1. The molecule has 1 aromatic carbocycles. The molecule has 0 radical (unpaired) electrons. The number of halogens is 1. The Balaban J connectivity index is 2.41. The van der Waals surface area contributed by atoms with Gasteiger partial charge in [-0.2, -0.15) is 0 Å². The summed E-state index contributed by atoms with van der Waals surface area (Å²) in [5, 5.41) is 0. The summed E-state index contributed by atoms with van der Waals surface area (Å²) in [7, 11) is 0. The summed E-state index contributed by atoms with van der Waals surface area (Å²) in [4.78, 5) is 0. The van der Waals surface area contributed by atoms with Crippen LogP contribution in [0.1, 0.15) is 28.7 Å². The molecular formula is C13H14FNO. The van der Waals surface area contributed by atoms with E-state index in [9.17, 15) is 4.39 Å². The van der Waals surface area contributed by atoms with Crippen molar-refractivity contribution in [1.29, 1.82) is 0 Å². The fourth-order valence-electron chi connectivity index (χ4n) is 1.68. The molecule has 3 heteroatoms. The smallest absolute Gasteiger partial charge is 0.131 e. The van der Waals surface area contributed by atoms with Crippen molar-refractivity contribution in [3.05, 3.63) is 58.8 Å². The molecule has 1 heterocycles. The lowest BCUT2D eigenvalue weighted by Gasteiger charge is -2.11. The van der Waals surface area contributed by atoms with Crippen LogP contribution < -0.4 is 5.73 Å². The molecule has 0 saturated carbocycles. The van der Waals surface area contributed by atoms with Crippen LogP contribution in [0.15, 0.2) is 34.7 Å². The van der Waals surface area contributed by atoms with E-state index in [2.05, 4.69) is 0 Å². The normalized spacial score (nSPS) is 12.8. The molecule has 0 aliphatic heterocycles. The molecule has 2 N–H and O–H groups in total. The van der Waals surface area contributed by atoms with E-state index in [4.69, 9.17) is 10.2 Å². The molecule has 2 aromatic rings. The maximum atomic E-state index is 13.8. The average molecular weight is 219 g/mol. The average Bonchev–Trinajstić information content (AvgIpc) is 2.68. The maximum absolute atomic E-state index is 13.8. The molecule has 16 heavy (non-hydrogen) atoms. The molecule has 0 spiro atoms. The Kier molecular flexibility index (Phi) is 2.79. The van der Waals surface area contributed by atoms with Gasteiger partial charge in [0.25, 0.3) is 0 Å². The lowest BCUT2D eigenvalue weighted by molar-refractivity contribution is 0.459. The van der Waals surface area contributed by atoms with E-state index >= 15 is 0 Å². The van der Waals surface area contributed by atoms with Crippen molar-refractivity contribution in [2.75, 3.05) is 0 Å². The molecule has 2 rings (SSSR count). The van der Waals surface area contributed by atoms with E-state index in [0.29, 0.717) is 16.9 Å². The molecular weight excluding hydrogens is 205 g/mol. The van der Waals surface area contributed by atoms with Crippen LogP contribution in [0.4, 0.5) is 4.39 Å². The molecule has 0 saturated heterocycles. The first kappa shape index (κ1) is 10.9. The first-order valence-electron chi connectivity index (χ1n) is 5.16. The first-order valence-corrected chi connectivity index (χ1v) is 5.16. The van der Waals surface area contributed by atoms with Crippen LogP contribution in [0.3, 0.4) is 0 Å². The lowest BCUT2D eigenvalue weighted by atomic mass is 10.0. The highest BCUT2D eigenvalue weighted by atomic mass is 19.1. The second-order valence-corrected chi connectivity index (χ2v) is 3.90. The van der Waals surface area contributed by atoms with Crippen molar-refractivity contribution in [1.82, 2.24) is 0 Å². The third kappa shape index (κ3) is 1.86. The summed E-state index contributed by atoms with van der Waals surface area (Å²) >= 11 is 0. The van der Waals surface area contributed by atoms with Crippen LogP contribution in [-0.4, -0.2) is 0 Å². The largest absolute Gasteiger partial charge is 0.464 e. The molecule has 0 aliphatic rings. The van der Waals surface area contributed by atoms with Crippen molar-refractivity contribution in [2.45, 2.75) is 19.9 Å². The van der Waals surface area contributed by atoms with E-state index in [0.717, 1.165) is 5.76 Å². The second-order valence-electron chi connectivity index (χ2n) is 3.90. The highest BCUT2D eigenvalue weighted by Gasteiger charge is 2.17. The third-order valence-electron chi connectivity index (χ3n) is 2.62. The molecule has 0 fully saturated rings. The van der Waals surface area contributed by atoms with Gasteiger partial charge in [0.1, 0.15) is 17.3 Å². The molecule has 0 aliphatic carbocycles. The molecule has 1 atom stereocenters. The summed E-state index contributed by atoms with van der Waals surface area (Å²) < 4.78 is 19.2. The van der Waals surface area contributed by atoms with Crippen LogP contribution in [0.2, 0.25) is 0 Å². The van der Waals surface area contributed by atoms with Crippen LogP contribution in [0, 0.1) is 19.7 Å². The SMILES string of the molecule is Cc1ccc(C(N)c2cccc(C)c2F)o1. The zero-order chi connectivity index (χ0) is 11.7. The third-order valence-corrected chi connectivity index (χ3v) is 2.62. The zero-order valence-electron chi connectivity index (χ0n) is 9.33. The quantitative estimate of drug-likeness (QED) is 0.843. The van der Waals surface area contributed by atoms with Gasteiger partial charge in [-0.15, -0.1) is 0 Å². The van der Waals surface area contributed by atoms with Gasteiger partial charge in [-0.3, -0.25) is 0 Å². The Labute approximate surface area is 93.9 Å². The van der Waals surface area contributed by atoms with Gasteiger partial charge in [-0.05, 0) is 31.5 Å². The highest BCUT2D eigenvalue weighted by molar-refractivity contribution is 5.32. The number of furan rings is 1. The van der Waals surface area contributed by atoms with Crippen molar-refractivity contribution in [3.8, 4) is 0 Å². The van der Waals surface area contributed by atoms with Crippen molar-refractivity contribution in [2.24, 2.45) is 5.73 Å². The predicted molar refractivity (Wildman–Crippen MR) is 60.6 cm³/mol. The van der Waals surface area contributed by atoms with E-state index in [1.807, 2.05) is 13.0 Å². The van der Waals surface area contributed by atoms with Crippen LogP contribution in [0.5, 0.6) is 0 Å². The Morgan fingerprint density at radius 3 is 2.56 bits per heavy atom. The van der Waals surface area contributed by atoms with Gasteiger partial charge in [0.15, 0.2) is 0 Å². The Hall–Kier alpha value is -1.61. The first-order chi connectivity index (χ1) is 7.59. The fraction of sp³-hybridized carbons (Fsp3) is 0.231. The molecule has 1 aromatic heterocycles. The van der Waals surface area contributed by atoms with Gasteiger partial charge in [0.2, 0.25) is 0 Å². The maximum Gasteiger partial charge on any atom is 0.131 e. The summed E-state index contributed by atoms with van der Waals surface area (Å²) in [6.45, 7) is 3.56. The Morgan fingerprint density at radius 1 is 1.19 bits per heavy atom. The van der Waals surface area contributed by atoms with Gasteiger partial charge in [-0.25, -0.2) is 4.39 Å². The summed E-state index contributed by atoms with van der Waals surface area (Å²) in [5.41, 5.74) is 7.03. The minimum absolute atomic E-state index is 0.260. The lowest BCUT2D eigenvalue weighted by Crippen LogP contribution is -2.13. The summed E-state index contributed by atoms with van der Waals surface area (Å²) in [6, 6.07) is 8.26. The van der Waals surface area contributed by atoms with Crippen molar-refractivity contribution >= 4 is 0 Å². The van der Waals surface area contributed by atoms with E-state index in [1.165, 1.54) is 0 Å². The van der Waals surface area contributed by atoms with Crippen LogP contribution in [0.25, 0.3) is 0 Å². The number of rotatable bonds is 2. The number of hydrogen-bond donors (Lipinski definition) is 1. The molecule has 1 unspecified atom stereocenters. The van der Waals surface area contributed by atoms with Crippen molar-refractivity contribution in [3.63, 3.8) is 0 Å². The van der Waals surface area contributed by atoms with Gasteiger partial charge in [-0.1, -0.05) is 18.2 Å². The monoisotopic (exact) mass is 219 g/mol. The van der Waals surface area contributed by atoms with E-state index < -0.39 is 6.04 Å². The topological polar surface area (TPSA) is 39.2 Å². The second kappa shape index (κ2) is 4.10. The summed E-state index contributed by atoms with van der Waals surface area (Å²) in [5.74, 6) is 1.10. The molecule has 84 valence electrons. The van der Waals surface area contributed by atoms with Gasteiger partial charge < -0.3 is 10.2 Å². The van der Waals surface area contributed by atoms with E-state index in [1.54, 1.807) is 31.2 Å². The van der Waals surface area contributed by atoms with Crippen LogP contribution in [-0.2, 0) is 0 Å². The van der Waals surface area contributed by atoms with Crippen molar-refractivity contribution < 1.29 is 8.81 Å². The molecule has 2 nitrogen and oxygen atoms in total. The number of benzene rings is 1. The predicted octanol–water partition coefficient (Wildman–Crippen LogP) is 3.08. The highest BCUT2D eigenvalue weighted by Crippen LogP contribution is 2.25. The minimum Gasteiger partial charge on any atom is -0.464 e. The Morgan fingerprint density at radius 2 is 1.94 bits per heavy atom. The number of hydrogen-bond acceptors (Lipinski definition) is 2. The van der Waals surface area contributed by atoms with Gasteiger partial charge in [0, 0.05) is 5.56 Å². The fourth-order valence-corrected chi connectivity index (χ4v) is 1.68. The van der Waals surface area contributed by atoms with E-state index in [-0.39, 0.29) is 5.82 Å². The summed E-state index contributed by atoms with van der Waals surface area (Å²) in [6.07, 6.45) is 0. The van der Waals surface area contributed by atoms with Gasteiger partial charge in [0.05, 0.1) is 6.04 Å². The van der Waals surface area contributed by atoms with Gasteiger partial charge >= 0.3 is 0 Å². The minimum atomic E-state index is -0.548. The molecule has 0 bridgehead atoms. The number of aryl methyl sites for hydroxylation is 2. The zero-order valence-corrected chi connectivity index (χ0v) is 9.33.